The number of carbonyl (C=O) groups is 3. The van der Waals surface area contributed by atoms with Gasteiger partial charge in [0.1, 0.15) is 0 Å². The second-order valence-corrected chi connectivity index (χ2v) is 7.68. The topological polar surface area (TPSA) is 57.7 Å². The number of amides is 4. The molecule has 0 aromatic rings. The van der Waals surface area contributed by atoms with Crippen molar-refractivity contribution in [2.45, 2.75) is 67.5 Å². The van der Waals surface area contributed by atoms with E-state index in [1.54, 1.807) is 0 Å². The van der Waals surface area contributed by atoms with Gasteiger partial charge in [0, 0.05) is 13.8 Å². The summed E-state index contributed by atoms with van der Waals surface area (Å²) in [5.74, 6) is -0.624. The molecule has 1 aliphatic heterocycles. The first-order valence-electron chi connectivity index (χ1n) is 6.93. The number of imide groups is 2. The summed E-state index contributed by atoms with van der Waals surface area (Å²) in [5, 5.41) is 0. The van der Waals surface area contributed by atoms with E-state index in [1.807, 2.05) is 41.5 Å². The van der Waals surface area contributed by atoms with Gasteiger partial charge in [-0.25, -0.2) is 4.79 Å². The summed E-state index contributed by atoms with van der Waals surface area (Å²) in [5.41, 5.74) is -0.604. The van der Waals surface area contributed by atoms with Crippen LogP contribution in [0.2, 0.25) is 0 Å². The largest absolute Gasteiger partial charge is 0.334 e. The molecule has 1 rings (SSSR count). The summed E-state index contributed by atoms with van der Waals surface area (Å²) in [6.45, 7) is 14.7. The van der Waals surface area contributed by atoms with Crippen molar-refractivity contribution in [1.82, 2.24) is 9.80 Å². The second kappa shape index (κ2) is 4.86. The average molecular weight is 282 g/mol. The highest BCUT2D eigenvalue weighted by Gasteiger charge is 2.57. The Kier molecular flexibility index (Phi) is 4.05. The highest BCUT2D eigenvalue weighted by atomic mass is 16.2. The van der Waals surface area contributed by atoms with Crippen molar-refractivity contribution in [2.24, 2.45) is 10.8 Å². The zero-order valence-corrected chi connectivity index (χ0v) is 13.8. The first-order valence-corrected chi connectivity index (χ1v) is 6.93. The van der Waals surface area contributed by atoms with Crippen LogP contribution in [0.15, 0.2) is 0 Å². The van der Waals surface area contributed by atoms with Crippen LogP contribution in [-0.4, -0.2) is 39.7 Å². The Morgan fingerprint density at radius 3 is 1.20 bits per heavy atom. The molecular formula is C15H26N2O3. The molecule has 1 heterocycles. The van der Waals surface area contributed by atoms with Gasteiger partial charge in [-0.3, -0.25) is 19.4 Å². The molecule has 0 N–H and O–H groups in total. The van der Waals surface area contributed by atoms with E-state index in [0.717, 1.165) is 0 Å². The van der Waals surface area contributed by atoms with E-state index >= 15 is 0 Å². The summed E-state index contributed by atoms with van der Waals surface area (Å²) < 4.78 is 0. The lowest BCUT2D eigenvalue weighted by atomic mass is 9.72. The maximum absolute atomic E-state index is 12.5. The smallest absolute Gasteiger partial charge is 0.275 e. The van der Waals surface area contributed by atoms with Crippen LogP contribution in [0.25, 0.3) is 0 Å². The monoisotopic (exact) mass is 282 g/mol. The Morgan fingerprint density at radius 1 is 0.800 bits per heavy atom. The Bertz CT molecular complexity index is 403. The van der Waals surface area contributed by atoms with Crippen LogP contribution in [0.1, 0.15) is 55.4 Å². The minimum Gasteiger partial charge on any atom is -0.275 e. The van der Waals surface area contributed by atoms with Crippen LogP contribution in [0.5, 0.6) is 0 Å². The van der Waals surface area contributed by atoms with Crippen LogP contribution < -0.4 is 0 Å². The summed E-state index contributed by atoms with van der Waals surface area (Å²) >= 11 is 0. The molecule has 20 heavy (non-hydrogen) atoms. The van der Waals surface area contributed by atoms with Crippen molar-refractivity contribution in [1.29, 1.82) is 0 Å². The van der Waals surface area contributed by atoms with Gasteiger partial charge in [0.15, 0.2) is 0 Å². The molecule has 4 amide bonds. The van der Waals surface area contributed by atoms with Gasteiger partial charge in [0.2, 0.25) is 11.8 Å². The Morgan fingerprint density at radius 2 is 1.05 bits per heavy atom. The number of rotatable bonds is 0. The summed E-state index contributed by atoms with van der Waals surface area (Å²) in [4.78, 5) is 38.9. The first kappa shape index (κ1) is 16.7. The molecular weight excluding hydrogens is 256 g/mol. The lowest BCUT2D eigenvalue weighted by molar-refractivity contribution is -0.130. The SMILES string of the molecule is CC(=O)N1C(=O)N(C(C)=O)[C@H](C(C)(C)C)[C@H]1C(C)(C)C. The molecule has 1 fully saturated rings. The molecule has 0 saturated carbocycles. The molecule has 0 bridgehead atoms. The number of nitrogens with zero attached hydrogens (tertiary/aromatic N) is 2. The van der Waals surface area contributed by atoms with Gasteiger partial charge in [-0.2, -0.15) is 0 Å². The third kappa shape index (κ3) is 2.72. The maximum atomic E-state index is 12.5. The summed E-state index contributed by atoms with van der Waals surface area (Å²) in [7, 11) is 0. The van der Waals surface area contributed by atoms with Crippen LogP contribution >= 0.6 is 0 Å². The van der Waals surface area contributed by atoms with E-state index in [-0.39, 0.29) is 34.7 Å². The summed E-state index contributed by atoms with van der Waals surface area (Å²) in [6.07, 6.45) is 0. The molecule has 5 heteroatoms. The number of hydrogen-bond donors (Lipinski definition) is 0. The fourth-order valence-corrected chi connectivity index (χ4v) is 3.02. The van der Waals surface area contributed by atoms with Crippen LogP contribution in [0, 0.1) is 10.8 Å². The molecule has 2 atom stereocenters. The Balaban J connectivity index is 3.50. The number of hydrogen-bond acceptors (Lipinski definition) is 3. The predicted octanol–water partition coefficient (Wildman–Crippen LogP) is 2.65. The molecule has 0 radical (unpaired) electrons. The van der Waals surface area contributed by atoms with Gasteiger partial charge < -0.3 is 0 Å². The van der Waals surface area contributed by atoms with E-state index in [4.69, 9.17) is 0 Å². The predicted molar refractivity (Wildman–Crippen MR) is 76.9 cm³/mol. The number of carbonyl (C=O) groups excluding carboxylic acids is 3. The van der Waals surface area contributed by atoms with Crippen LogP contribution in [-0.2, 0) is 9.59 Å². The molecule has 0 aromatic carbocycles. The standard InChI is InChI=1S/C15H26N2O3/c1-9(18)16-11(14(3,4)5)12(15(6,7)8)17(10(2)19)13(16)20/h11-12H,1-8H3/t11-,12-/m0/s1. The van der Waals surface area contributed by atoms with Gasteiger partial charge >= 0.3 is 6.03 Å². The maximum Gasteiger partial charge on any atom is 0.334 e. The Labute approximate surface area is 121 Å². The van der Waals surface area contributed by atoms with E-state index in [0.29, 0.717) is 0 Å². The third-order valence-electron chi connectivity index (χ3n) is 3.72. The van der Waals surface area contributed by atoms with Gasteiger partial charge in [-0.1, -0.05) is 41.5 Å². The van der Waals surface area contributed by atoms with Crippen molar-refractivity contribution < 1.29 is 14.4 Å². The first-order chi connectivity index (χ1) is 8.80. The minimum absolute atomic E-state index is 0.302. The fraction of sp³-hybridized carbons (Fsp3) is 0.800. The van der Waals surface area contributed by atoms with Gasteiger partial charge in [-0.15, -0.1) is 0 Å². The van der Waals surface area contributed by atoms with Gasteiger partial charge in [0.05, 0.1) is 12.1 Å². The lowest BCUT2D eigenvalue weighted by Gasteiger charge is -2.42. The van der Waals surface area contributed by atoms with Crippen molar-refractivity contribution >= 4 is 17.8 Å². The number of urea groups is 1. The minimum atomic E-state index is -0.496. The van der Waals surface area contributed by atoms with Crippen molar-refractivity contribution in [3.8, 4) is 0 Å². The fourth-order valence-electron chi connectivity index (χ4n) is 3.02. The van der Waals surface area contributed by atoms with E-state index in [2.05, 4.69) is 0 Å². The zero-order chi connectivity index (χ0) is 16.0. The van der Waals surface area contributed by atoms with E-state index in [1.165, 1.54) is 23.6 Å². The molecule has 0 aliphatic carbocycles. The van der Waals surface area contributed by atoms with Crippen molar-refractivity contribution in [3.05, 3.63) is 0 Å². The highest BCUT2D eigenvalue weighted by Crippen LogP contribution is 2.42. The average Bonchev–Trinajstić information content (AvgIpc) is 2.49. The quantitative estimate of drug-likeness (QED) is 0.686. The highest BCUT2D eigenvalue weighted by molar-refractivity contribution is 6.03. The third-order valence-corrected chi connectivity index (χ3v) is 3.72. The van der Waals surface area contributed by atoms with Crippen LogP contribution in [0.4, 0.5) is 4.79 Å². The van der Waals surface area contributed by atoms with Gasteiger partial charge in [-0.05, 0) is 10.8 Å². The second-order valence-electron chi connectivity index (χ2n) is 7.68. The van der Waals surface area contributed by atoms with Gasteiger partial charge in [0.25, 0.3) is 0 Å². The molecule has 1 saturated heterocycles. The van der Waals surface area contributed by atoms with E-state index in [9.17, 15) is 14.4 Å². The zero-order valence-electron chi connectivity index (χ0n) is 13.8. The molecule has 5 nitrogen and oxygen atoms in total. The molecule has 114 valence electrons. The molecule has 0 unspecified atom stereocenters. The Hall–Kier alpha value is -1.39. The molecule has 0 spiro atoms. The molecule has 1 aliphatic rings. The van der Waals surface area contributed by atoms with Crippen molar-refractivity contribution in [2.75, 3.05) is 0 Å². The van der Waals surface area contributed by atoms with Crippen LogP contribution in [0.3, 0.4) is 0 Å². The van der Waals surface area contributed by atoms with E-state index < -0.39 is 6.03 Å². The van der Waals surface area contributed by atoms with Crippen molar-refractivity contribution in [3.63, 3.8) is 0 Å². The molecule has 0 aromatic heterocycles. The lowest BCUT2D eigenvalue weighted by Crippen LogP contribution is -2.53. The normalized spacial score (nSPS) is 24.3. The summed E-state index contributed by atoms with van der Waals surface area (Å²) in [6, 6.07) is -1.14.